The van der Waals surface area contributed by atoms with Crippen LogP contribution in [0.3, 0.4) is 0 Å². The molecule has 0 bridgehead atoms. The zero-order valence-corrected chi connectivity index (χ0v) is 16.6. The van der Waals surface area contributed by atoms with E-state index in [1.807, 2.05) is 0 Å². The lowest BCUT2D eigenvalue weighted by Crippen LogP contribution is -2.18. The van der Waals surface area contributed by atoms with Gasteiger partial charge in [0.25, 0.3) is 5.84 Å². The molecule has 1 heterocycles. The minimum absolute atomic E-state index is 1.09. The summed E-state index contributed by atoms with van der Waals surface area (Å²) in [4.78, 5) is 0. The Bertz CT molecular complexity index is 344. The zero-order chi connectivity index (χ0) is 17.3. The summed E-state index contributed by atoms with van der Waals surface area (Å²) in [6, 6.07) is 0. The van der Waals surface area contributed by atoms with Crippen molar-refractivity contribution in [1.29, 1.82) is 0 Å². The number of nitrogens with one attached hydrogen (secondary N) is 1. The molecule has 0 aromatic carbocycles. The fourth-order valence-electron chi connectivity index (χ4n) is 3.44. The van der Waals surface area contributed by atoms with Crippen molar-refractivity contribution in [2.24, 2.45) is 0 Å². The van der Waals surface area contributed by atoms with E-state index in [1.54, 1.807) is 0 Å². The molecule has 1 N–H and O–H groups in total. The minimum atomic E-state index is 1.09. The molecular weight excluding hydrogens is 292 g/mol. The van der Waals surface area contributed by atoms with E-state index in [9.17, 15) is 0 Å². The van der Waals surface area contributed by atoms with Crippen LogP contribution in [0.1, 0.15) is 103 Å². The van der Waals surface area contributed by atoms with Crippen LogP contribution in [0, 0.1) is 0 Å². The van der Waals surface area contributed by atoms with Crippen LogP contribution in [-0.4, -0.2) is 30.5 Å². The molecule has 1 rings (SSSR count). The van der Waals surface area contributed by atoms with Crippen LogP contribution in [0.4, 0.5) is 0 Å². The third kappa shape index (κ3) is 11.7. The van der Waals surface area contributed by atoms with E-state index in [-0.39, 0.29) is 0 Å². The number of unbranched alkanes of at least 4 members (excludes halogenated alkanes) is 14. The number of allylic oxidation sites excluding steroid dienone is 1. The van der Waals surface area contributed by atoms with Crippen molar-refractivity contribution in [2.75, 3.05) is 20.1 Å². The quantitative estimate of drug-likeness (QED) is 0.268. The van der Waals surface area contributed by atoms with Crippen LogP contribution in [0.5, 0.6) is 0 Å². The smallest absolute Gasteiger partial charge is 0.269 e. The highest BCUT2D eigenvalue weighted by molar-refractivity contribution is 5.89. The third-order valence-electron chi connectivity index (χ3n) is 5.16. The van der Waals surface area contributed by atoms with Gasteiger partial charge in [0.1, 0.15) is 13.1 Å². The lowest BCUT2D eigenvalue weighted by molar-refractivity contribution is -0.485. The van der Waals surface area contributed by atoms with Crippen molar-refractivity contribution in [3.05, 3.63) is 12.2 Å². The first-order valence-corrected chi connectivity index (χ1v) is 10.8. The first-order chi connectivity index (χ1) is 11.8. The lowest BCUT2D eigenvalue weighted by Gasteiger charge is -2.02. The molecule has 1 aliphatic heterocycles. The second-order valence-electron chi connectivity index (χ2n) is 7.52. The fraction of sp³-hybridized carbons (Fsp3) is 0.864. The normalized spacial score (nSPS) is 14.8. The van der Waals surface area contributed by atoms with E-state index in [4.69, 9.17) is 0 Å². The topological polar surface area (TPSA) is 15.0 Å². The molecule has 24 heavy (non-hydrogen) atoms. The molecule has 0 saturated heterocycles. The summed E-state index contributed by atoms with van der Waals surface area (Å²) in [6.45, 7) is 4.52. The molecule has 2 nitrogen and oxygen atoms in total. The summed E-state index contributed by atoms with van der Waals surface area (Å²) in [5.41, 5.74) is 0. The highest BCUT2D eigenvalue weighted by Crippen LogP contribution is 2.13. The molecule has 0 aromatic heterocycles. The van der Waals surface area contributed by atoms with Gasteiger partial charge in [-0.25, -0.2) is 0 Å². The highest BCUT2D eigenvalue weighted by atomic mass is 15.2. The summed E-state index contributed by atoms with van der Waals surface area (Å²) in [7, 11) is 2.16. The first-order valence-electron chi connectivity index (χ1n) is 10.8. The van der Waals surface area contributed by atoms with E-state index < -0.39 is 0 Å². The summed E-state index contributed by atoms with van der Waals surface area (Å²) >= 11 is 0. The van der Waals surface area contributed by atoms with Gasteiger partial charge in [0.15, 0.2) is 0 Å². The van der Waals surface area contributed by atoms with E-state index in [2.05, 4.69) is 36.0 Å². The van der Waals surface area contributed by atoms with E-state index >= 15 is 0 Å². The van der Waals surface area contributed by atoms with E-state index in [0.717, 1.165) is 13.1 Å². The van der Waals surface area contributed by atoms with Crippen LogP contribution in [0.2, 0.25) is 0 Å². The molecule has 0 unspecified atom stereocenters. The van der Waals surface area contributed by atoms with Crippen LogP contribution in [0.25, 0.3) is 0 Å². The largest absolute Gasteiger partial charge is 0.271 e. The average molecular weight is 336 g/mol. The van der Waals surface area contributed by atoms with E-state index in [1.165, 1.54) is 102 Å². The third-order valence-corrected chi connectivity index (χ3v) is 5.16. The predicted molar refractivity (Wildman–Crippen MR) is 108 cm³/mol. The number of rotatable bonds is 16. The van der Waals surface area contributed by atoms with Crippen molar-refractivity contribution >= 4 is 5.84 Å². The van der Waals surface area contributed by atoms with Gasteiger partial charge >= 0.3 is 0 Å². The molecule has 0 radical (unpaired) electrons. The maximum Gasteiger partial charge on any atom is 0.269 e. The summed E-state index contributed by atoms with van der Waals surface area (Å²) < 4.78 is 2.29. The van der Waals surface area contributed by atoms with E-state index in [0.29, 0.717) is 0 Å². The van der Waals surface area contributed by atoms with Crippen molar-refractivity contribution in [2.45, 2.75) is 103 Å². The van der Waals surface area contributed by atoms with Crippen molar-refractivity contribution < 1.29 is 4.58 Å². The van der Waals surface area contributed by atoms with Gasteiger partial charge < -0.3 is 0 Å². The molecule has 0 fully saturated rings. The molecule has 140 valence electrons. The van der Waals surface area contributed by atoms with Gasteiger partial charge in [-0.3, -0.25) is 9.89 Å². The number of hydrogen-bond donors (Lipinski definition) is 1. The van der Waals surface area contributed by atoms with Crippen molar-refractivity contribution in [1.82, 2.24) is 5.32 Å². The van der Waals surface area contributed by atoms with Crippen LogP contribution in [-0.2, 0) is 0 Å². The molecule has 1 aliphatic rings. The van der Waals surface area contributed by atoms with Crippen molar-refractivity contribution in [3.63, 3.8) is 0 Å². The SMILES string of the molecule is CCCCCCCCCCCCCCCCC=CC1=[N+](C)CCN1. The summed E-state index contributed by atoms with van der Waals surface area (Å²) in [5, 5.41) is 3.41. The molecule has 0 spiro atoms. The molecule has 0 atom stereocenters. The number of likely N-dealkylation sites (N-methyl/N-ethyl adjacent to an activating group) is 1. The Morgan fingerprint density at radius 2 is 1.29 bits per heavy atom. The monoisotopic (exact) mass is 335 g/mol. The summed E-state index contributed by atoms with van der Waals surface area (Å²) in [5.74, 6) is 1.29. The number of nitrogens with zero attached hydrogens (tertiary/aromatic N) is 1. The predicted octanol–water partition coefficient (Wildman–Crippen LogP) is 6.06. The van der Waals surface area contributed by atoms with Gasteiger partial charge in [-0.1, -0.05) is 96.5 Å². The van der Waals surface area contributed by atoms with Gasteiger partial charge in [-0.15, -0.1) is 0 Å². The molecule has 0 saturated carbocycles. The van der Waals surface area contributed by atoms with Crippen molar-refractivity contribution in [3.8, 4) is 0 Å². The maximum absolute atomic E-state index is 3.41. The van der Waals surface area contributed by atoms with Crippen LogP contribution in [0.15, 0.2) is 12.2 Å². The Labute approximate surface area is 151 Å². The van der Waals surface area contributed by atoms with Crippen LogP contribution < -0.4 is 5.32 Å². The molecular formula is C22H43N2+. The second-order valence-corrected chi connectivity index (χ2v) is 7.52. The Hall–Kier alpha value is -0.790. The standard InChI is InChI=1S/C22H42N2/c1-3-4-5-6-7-8-9-10-11-12-13-14-15-16-17-18-19-22-23-20-21-24(22)2/h18-19H,3-17,20-21H2,1-2H3/p+1. The number of hydrogen-bond acceptors (Lipinski definition) is 1. The fourth-order valence-corrected chi connectivity index (χ4v) is 3.44. The summed E-state index contributed by atoms with van der Waals surface area (Å²) in [6.07, 6.45) is 26.0. The average Bonchev–Trinajstić information content (AvgIpc) is 2.99. The molecule has 0 aliphatic carbocycles. The second kappa shape index (κ2) is 15.7. The molecule has 0 aromatic rings. The Balaban J connectivity index is 1.75. The number of amidine groups is 1. The van der Waals surface area contributed by atoms with Crippen LogP contribution >= 0.6 is 0 Å². The van der Waals surface area contributed by atoms with Gasteiger partial charge in [0.2, 0.25) is 0 Å². The first kappa shape index (κ1) is 21.3. The lowest BCUT2D eigenvalue weighted by atomic mass is 10.0. The zero-order valence-electron chi connectivity index (χ0n) is 16.6. The van der Waals surface area contributed by atoms with Gasteiger partial charge in [0.05, 0.1) is 7.05 Å². The molecule has 0 amide bonds. The molecule has 2 heteroatoms. The Morgan fingerprint density at radius 1 is 0.792 bits per heavy atom. The van der Waals surface area contributed by atoms with Gasteiger partial charge in [-0.05, 0) is 12.8 Å². The highest BCUT2D eigenvalue weighted by Gasteiger charge is 2.12. The van der Waals surface area contributed by atoms with Gasteiger partial charge in [-0.2, -0.15) is 0 Å². The minimum Gasteiger partial charge on any atom is -0.271 e. The Kier molecular flexibility index (Phi) is 13.9. The van der Waals surface area contributed by atoms with Gasteiger partial charge in [0, 0.05) is 6.08 Å². The Morgan fingerprint density at radius 3 is 1.75 bits per heavy atom. The maximum atomic E-state index is 3.41.